The van der Waals surface area contributed by atoms with E-state index in [1.54, 1.807) is 0 Å². The molecule has 2 rings (SSSR count). The second-order valence-corrected chi connectivity index (χ2v) is 6.68. The maximum absolute atomic E-state index is 12.6. The SMILES string of the molecule is CCCCC(CC)C(=O)N1CCC(c2n[nH]c(=S)n2C)CC1. The second kappa shape index (κ2) is 7.90. The van der Waals surface area contributed by atoms with E-state index in [-0.39, 0.29) is 5.92 Å². The summed E-state index contributed by atoms with van der Waals surface area (Å²) in [6.45, 7) is 5.98. The van der Waals surface area contributed by atoms with Gasteiger partial charge in [0.1, 0.15) is 5.82 Å². The standard InChI is InChI=1S/C16H28N4OS/c1-4-6-7-12(5-2)15(21)20-10-8-13(9-11-20)14-17-18-16(22)19(14)3/h12-13H,4-11H2,1-3H3,(H,18,22). The fourth-order valence-electron chi connectivity index (χ4n) is 3.29. The maximum Gasteiger partial charge on any atom is 0.225 e. The number of rotatable bonds is 6. The van der Waals surface area contributed by atoms with Crippen molar-refractivity contribution in [1.82, 2.24) is 19.7 Å². The lowest BCUT2D eigenvalue weighted by molar-refractivity contribution is -0.137. The molecule has 1 N–H and O–H groups in total. The molecule has 1 unspecified atom stereocenters. The van der Waals surface area contributed by atoms with Gasteiger partial charge in [-0.15, -0.1) is 0 Å². The molecule has 1 aromatic rings. The van der Waals surface area contributed by atoms with Crippen LogP contribution in [0.5, 0.6) is 0 Å². The lowest BCUT2D eigenvalue weighted by Gasteiger charge is -2.33. The zero-order valence-electron chi connectivity index (χ0n) is 14.0. The van der Waals surface area contributed by atoms with Crippen LogP contribution in [-0.2, 0) is 11.8 Å². The third kappa shape index (κ3) is 3.77. The van der Waals surface area contributed by atoms with Gasteiger partial charge in [0.25, 0.3) is 0 Å². The van der Waals surface area contributed by atoms with Crippen LogP contribution < -0.4 is 0 Å². The minimum atomic E-state index is 0.206. The van der Waals surface area contributed by atoms with Gasteiger partial charge in [-0.1, -0.05) is 26.7 Å². The van der Waals surface area contributed by atoms with Crippen molar-refractivity contribution in [2.24, 2.45) is 13.0 Å². The van der Waals surface area contributed by atoms with Crippen LogP contribution in [0.1, 0.15) is 64.1 Å². The highest BCUT2D eigenvalue weighted by Gasteiger charge is 2.29. The van der Waals surface area contributed by atoms with Crippen molar-refractivity contribution in [3.63, 3.8) is 0 Å². The molecule has 1 atom stereocenters. The van der Waals surface area contributed by atoms with Crippen molar-refractivity contribution in [2.75, 3.05) is 13.1 Å². The fourth-order valence-corrected chi connectivity index (χ4v) is 3.43. The number of aromatic nitrogens is 3. The number of nitrogens with zero attached hydrogens (tertiary/aromatic N) is 3. The van der Waals surface area contributed by atoms with Crippen LogP contribution >= 0.6 is 12.2 Å². The van der Waals surface area contributed by atoms with Gasteiger partial charge in [-0.05, 0) is 37.9 Å². The van der Waals surface area contributed by atoms with E-state index in [4.69, 9.17) is 12.2 Å². The molecule has 1 fully saturated rings. The molecule has 0 spiro atoms. The molecular weight excluding hydrogens is 296 g/mol. The van der Waals surface area contributed by atoms with E-state index in [2.05, 4.69) is 28.9 Å². The van der Waals surface area contributed by atoms with Gasteiger partial charge >= 0.3 is 0 Å². The Balaban J connectivity index is 1.92. The van der Waals surface area contributed by atoms with Crippen LogP contribution in [0.15, 0.2) is 0 Å². The van der Waals surface area contributed by atoms with E-state index in [9.17, 15) is 4.79 Å². The number of unbranched alkanes of at least 4 members (excludes halogenated alkanes) is 1. The first-order valence-electron chi connectivity index (χ1n) is 8.48. The molecule has 1 aliphatic heterocycles. The largest absolute Gasteiger partial charge is 0.342 e. The summed E-state index contributed by atoms with van der Waals surface area (Å²) in [5.41, 5.74) is 0. The molecular formula is C16H28N4OS. The molecule has 1 amide bonds. The van der Waals surface area contributed by atoms with E-state index < -0.39 is 0 Å². The number of amides is 1. The predicted molar refractivity (Wildman–Crippen MR) is 90.3 cm³/mol. The maximum atomic E-state index is 12.6. The van der Waals surface area contributed by atoms with Gasteiger partial charge in [0.05, 0.1) is 0 Å². The molecule has 1 saturated heterocycles. The minimum Gasteiger partial charge on any atom is -0.342 e. The Hall–Kier alpha value is -1.17. The van der Waals surface area contributed by atoms with E-state index >= 15 is 0 Å². The smallest absolute Gasteiger partial charge is 0.225 e. The Morgan fingerprint density at radius 2 is 2.09 bits per heavy atom. The molecule has 124 valence electrons. The van der Waals surface area contributed by atoms with Crippen molar-refractivity contribution in [1.29, 1.82) is 0 Å². The van der Waals surface area contributed by atoms with Crippen LogP contribution in [0, 0.1) is 10.7 Å². The molecule has 5 nitrogen and oxygen atoms in total. The molecule has 1 aromatic heterocycles. The highest BCUT2D eigenvalue weighted by Crippen LogP contribution is 2.28. The van der Waals surface area contributed by atoms with Gasteiger partial charge in [-0.3, -0.25) is 9.89 Å². The van der Waals surface area contributed by atoms with E-state index in [1.807, 2.05) is 11.6 Å². The van der Waals surface area contributed by atoms with E-state index in [0.29, 0.717) is 16.6 Å². The van der Waals surface area contributed by atoms with Crippen LogP contribution in [0.4, 0.5) is 0 Å². The Labute approximate surface area is 138 Å². The summed E-state index contributed by atoms with van der Waals surface area (Å²) >= 11 is 5.18. The minimum absolute atomic E-state index is 0.206. The van der Waals surface area contributed by atoms with Crippen molar-refractivity contribution in [3.8, 4) is 0 Å². The first-order chi connectivity index (χ1) is 10.6. The number of H-pyrrole nitrogens is 1. The normalized spacial score (nSPS) is 17.7. The van der Waals surface area contributed by atoms with Crippen LogP contribution in [0.2, 0.25) is 0 Å². The number of carbonyl (C=O) groups is 1. The number of piperidine rings is 1. The molecule has 0 radical (unpaired) electrons. The highest BCUT2D eigenvalue weighted by atomic mass is 32.1. The van der Waals surface area contributed by atoms with Crippen molar-refractivity contribution in [3.05, 3.63) is 10.6 Å². The fraction of sp³-hybridized carbons (Fsp3) is 0.812. The summed E-state index contributed by atoms with van der Waals surface area (Å²) in [5, 5.41) is 7.20. The van der Waals surface area contributed by atoms with Crippen LogP contribution in [0.3, 0.4) is 0 Å². The van der Waals surface area contributed by atoms with Crippen LogP contribution in [-0.4, -0.2) is 38.7 Å². The molecule has 1 aliphatic rings. The van der Waals surface area contributed by atoms with Crippen molar-refractivity contribution >= 4 is 18.1 Å². The number of aromatic amines is 1. The third-order valence-corrected chi connectivity index (χ3v) is 5.20. The van der Waals surface area contributed by atoms with Gasteiger partial charge in [-0.2, -0.15) is 5.10 Å². The first-order valence-corrected chi connectivity index (χ1v) is 8.89. The van der Waals surface area contributed by atoms with E-state index in [1.165, 1.54) is 0 Å². The Bertz CT molecular complexity index is 543. The lowest BCUT2D eigenvalue weighted by atomic mass is 9.93. The molecule has 0 saturated carbocycles. The highest BCUT2D eigenvalue weighted by molar-refractivity contribution is 7.71. The number of likely N-dealkylation sites (tertiary alicyclic amines) is 1. The first kappa shape index (κ1) is 17.2. The third-order valence-electron chi connectivity index (χ3n) is 4.83. The molecule has 0 aliphatic carbocycles. The number of carbonyl (C=O) groups excluding carboxylic acids is 1. The summed E-state index contributed by atoms with van der Waals surface area (Å²) in [6, 6.07) is 0. The Morgan fingerprint density at radius 3 is 2.59 bits per heavy atom. The summed E-state index contributed by atoms with van der Waals surface area (Å²) in [6.07, 6.45) is 6.23. The molecule has 0 bridgehead atoms. The van der Waals surface area contributed by atoms with Gasteiger partial charge < -0.3 is 9.47 Å². The zero-order valence-corrected chi connectivity index (χ0v) is 14.8. The Morgan fingerprint density at radius 1 is 1.41 bits per heavy atom. The Kier molecular flexibility index (Phi) is 6.17. The summed E-state index contributed by atoms with van der Waals surface area (Å²) in [4.78, 5) is 14.7. The van der Waals surface area contributed by atoms with Crippen molar-refractivity contribution in [2.45, 2.75) is 58.3 Å². The average molecular weight is 324 g/mol. The summed E-state index contributed by atoms with van der Waals surface area (Å²) < 4.78 is 2.62. The quantitative estimate of drug-likeness (QED) is 0.816. The number of hydrogen-bond donors (Lipinski definition) is 1. The summed E-state index contributed by atoms with van der Waals surface area (Å²) in [7, 11) is 1.95. The van der Waals surface area contributed by atoms with Gasteiger partial charge in [0, 0.05) is 32.0 Å². The summed E-state index contributed by atoms with van der Waals surface area (Å²) in [5.74, 6) is 1.98. The molecule has 6 heteroatoms. The number of nitrogens with one attached hydrogen (secondary N) is 1. The molecule has 2 heterocycles. The molecule has 0 aromatic carbocycles. The monoisotopic (exact) mass is 324 g/mol. The zero-order chi connectivity index (χ0) is 16.1. The average Bonchev–Trinajstić information content (AvgIpc) is 2.87. The van der Waals surface area contributed by atoms with Crippen molar-refractivity contribution < 1.29 is 4.79 Å². The molecule has 22 heavy (non-hydrogen) atoms. The van der Waals surface area contributed by atoms with Gasteiger partial charge in [-0.25, -0.2) is 0 Å². The van der Waals surface area contributed by atoms with E-state index in [0.717, 1.165) is 57.4 Å². The van der Waals surface area contributed by atoms with Gasteiger partial charge in [0.2, 0.25) is 5.91 Å². The topological polar surface area (TPSA) is 53.9 Å². The number of hydrogen-bond acceptors (Lipinski definition) is 3. The second-order valence-electron chi connectivity index (χ2n) is 6.29. The van der Waals surface area contributed by atoms with Crippen LogP contribution in [0.25, 0.3) is 0 Å². The van der Waals surface area contributed by atoms with Gasteiger partial charge in [0.15, 0.2) is 4.77 Å². The predicted octanol–water partition coefficient (Wildman–Crippen LogP) is 3.40. The lowest BCUT2D eigenvalue weighted by Crippen LogP contribution is -2.41.